The number of carbonyl (C=O) groups is 1. The van der Waals surface area contributed by atoms with Crippen LogP contribution in [-0.2, 0) is 16.1 Å². The summed E-state index contributed by atoms with van der Waals surface area (Å²) in [5, 5.41) is 5.97. The average Bonchev–Trinajstić information content (AvgIpc) is 2.59. The van der Waals surface area contributed by atoms with E-state index in [0.717, 1.165) is 12.1 Å². The van der Waals surface area contributed by atoms with Crippen molar-refractivity contribution in [3.8, 4) is 17.2 Å². The van der Waals surface area contributed by atoms with Crippen LogP contribution in [0.5, 0.6) is 17.2 Å². The highest BCUT2D eigenvalue weighted by atomic mass is 35.5. The van der Waals surface area contributed by atoms with Crippen LogP contribution < -0.4 is 24.8 Å². The topological polar surface area (TPSA) is 78.1 Å². The number of halogens is 1. The molecule has 1 fully saturated rings. The zero-order valence-electron chi connectivity index (χ0n) is 13.5. The molecule has 1 atom stereocenters. The second kappa shape index (κ2) is 9.44. The molecule has 1 unspecified atom stereocenters. The largest absolute Gasteiger partial charge is 0.493 e. The van der Waals surface area contributed by atoms with Gasteiger partial charge in [-0.15, -0.1) is 12.4 Å². The Bertz CT molecular complexity index is 521. The van der Waals surface area contributed by atoms with Gasteiger partial charge in [0.1, 0.15) is 6.10 Å². The van der Waals surface area contributed by atoms with Crippen LogP contribution in [0.15, 0.2) is 12.1 Å². The van der Waals surface area contributed by atoms with Gasteiger partial charge in [0.25, 0.3) is 5.91 Å². The van der Waals surface area contributed by atoms with Gasteiger partial charge in [-0.2, -0.15) is 0 Å². The van der Waals surface area contributed by atoms with E-state index in [4.69, 9.17) is 18.9 Å². The predicted molar refractivity (Wildman–Crippen MR) is 87.8 cm³/mol. The van der Waals surface area contributed by atoms with Crippen LogP contribution >= 0.6 is 12.4 Å². The zero-order valence-corrected chi connectivity index (χ0v) is 14.3. The molecule has 1 aliphatic rings. The van der Waals surface area contributed by atoms with E-state index in [-0.39, 0.29) is 18.3 Å². The van der Waals surface area contributed by atoms with Crippen molar-refractivity contribution in [1.82, 2.24) is 10.6 Å². The first-order valence-corrected chi connectivity index (χ1v) is 7.09. The number of amides is 1. The fraction of sp³-hybridized carbons (Fsp3) is 0.533. The summed E-state index contributed by atoms with van der Waals surface area (Å²) >= 11 is 0. The minimum absolute atomic E-state index is 0. The predicted octanol–water partition coefficient (Wildman–Crippen LogP) is 0.739. The molecule has 0 aliphatic carbocycles. The third kappa shape index (κ3) is 4.63. The highest BCUT2D eigenvalue weighted by molar-refractivity contribution is 5.85. The Morgan fingerprint density at radius 2 is 2.00 bits per heavy atom. The van der Waals surface area contributed by atoms with Crippen molar-refractivity contribution in [2.75, 3.05) is 41.0 Å². The summed E-state index contributed by atoms with van der Waals surface area (Å²) in [6, 6.07) is 3.61. The van der Waals surface area contributed by atoms with Crippen molar-refractivity contribution in [1.29, 1.82) is 0 Å². The van der Waals surface area contributed by atoms with Crippen molar-refractivity contribution in [2.45, 2.75) is 12.6 Å². The van der Waals surface area contributed by atoms with Crippen molar-refractivity contribution in [3.05, 3.63) is 17.7 Å². The minimum atomic E-state index is -0.458. The van der Waals surface area contributed by atoms with Gasteiger partial charge >= 0.3 is 0 Å². The molecule has 7 nitrogen and oxygen atoms in total. The third-order valence-corrected chi connectivity index (χ3v) is 3.46. The molecule has 0 saturated carbocycles. The Hall–Kier alpha value is -1.70. The molecule has 1 saturated heterocycles. The lowest BCUT2D eigenvalue weighted by Crippen LogP contribution is -2.47. The standard InChI is InChI=1S/C15H22N2O5.ClH/c1-19-11-5-4-10(13(20-2)14(11)21-3)8-17-15(18)12-9-16-6-7-22-12;/h4-5,12,16H,6-9H2,1-3H3,(H,17,18);1H. The maximum atomic E-state index is 12.1. The summed E-state index contributed by atoms with van der Waals surface area (Å²) in [4.78, 5) is 12.1. The number of ether oxygens (including phenoxy) is 4. The first kappa shape index (κ1) is 19.3. The molecule has 0 spiro atoms. The molecule has 0 radical (unpaired) electrons. The summed E-state index contributed by atoms with van der Waals surface area (Å²) in [5.41, 5.74) is 0.803. The molecule has 23 heavy (non-hydrogen) atoms. The van der Waals surface area contributed by atoms with E-state index < -0.39 is 6.10 Å². The van der Waals surface area contributed by atoms with E-state index in [1.54, 1.807) is 27.4 Å². The Labute approximate surface area is 142 Å². The minimum Gasteiger partial charge on any atom is -0.493 e. The van der Waals surface area contributed by atoms with E-state index in [2.05, 4.69) is 10.6 Å². The summed E-state index contributed by atoms with van der Waals surface area (Å²) in [5.74, 6) is 1.48. The number of nitrogens with one attached hydrogen (secondary N) is 2. The maximum Gasteiger partial charge on any atom is 0.250 e. The Kier molecular flexibility index (Phi) is 7.94. The van der Waals surface area contributed by atoms with Crippen LogP contribution in [0.4, 0.5) is 0 Å². The van der Waals surface area contributed by atoms with E-state index in [9.17, 15) is 4.79 Å². The van der Waals surface area contributed by atoms with Crippen molar-refractivity contribution < 1.29 is 23.7 Å². The van der Waals surface area contributed by atoms with Crippen LogP contribution in [0, 0.1) is 0 Å². The van der Waals surface area contributed by atoms with Crippen molar-refractivity contribution in [3.63, 3.8) is 0 Å². The maximum absolute atomic E-state index is 12.1. The first-order valence-electron chi connectivity index (χ1n) is 7.09. The van der Waals surface area contributed by atoms with Gasteiger partial charge in [0, 0.05) is 25.2 Å². The molecule has 2 rings (SSSR count). The van der Waals surface area contributed by atoms with Gasteiger partial charge in [-0.05, 0) is 12.1 Å². The van der Waals surface area contributed by atoms with E-state index in [1.807, 2.05) is 6.07 Å². The Balaban J connectivity index is 0.00000264. The van der Waals surface area contributed by atoms with Gasteiger partial charge in [0.15, 0.2) is 11.5 Å². The molecule has 1 amide bonds. The number of hydrogen-bond donors (Lipinski definition) is 2. The van der Waals surface area contributed by atoms with Crippen LogP contribution in [-0.4, -0.2) is 53.0 Å². The van der Waals surface area contributed by atoms with E-state index >= 15 is 0 Å². The second-order valence-electron chi connectivity index (χ2n) is 4.77. The van der Waals surface area contributed by atoms with Gasteiger partial charge in [-0.3, -0.25) is 4.79 Å². The normalized spacial score (nSPS) is 16.9. The molecule has 1 heterocycles. The number of benzene rings is 1. The SMILES string of the molecule is COc1ccc(CNC(=O)C2CNCCO2)c(OC)c1OC.Cl. The highest BCUT2D eigenvalue weighted by Gasteiger charge is 2.22. The molecular weight excluding hydrogens is 324 g/mol. The molecule has 1 aliphatic heterocycles. The van der Waals surface area contributed by atoms with Crippen molar-refractivity contribution in [2.24, 2.45) is 0 Å². The molecule has 0 aromatic heterocycles. The summed E-state index contributed by atoms with van der Waals surface area (Å²) < 4.78 is 21.4. The lowest BCUT2D eigenvalue weighted by Gasteiger charge is -2.23. The number of morpholine rings is 1. The van der Waals surface area contributed by atoms with E-state index in [0.29, 0.717) is 36.9 Å². The number of methoxy groups -OCH3 is 3. The fourth-order valence-corrected chi connectivity index (χ4v) is 2.33. The summed E-state index contributed by atoms with van der Waals surface area (Å²) in [6.45, 7) is 2.15. The molecule has 1 aromatic carbocycles. The first-order chi connectivity index (χ1) is 10.7. The van der Waals surface area contributed by atoms with Gasteiger partial charge in [0.05, 0.1) is 27.9 Å². The summed E-state index contributed by atoms with van der Waals surface area (Å²) in [7, 11) is 4.66. The van der Waals surface area contributed by atoms with Crippen molar-refractivity contribution >= 4 is 18.3 Å². The van der Waals surface area contributed by atoms with Gasteiger partial charge in [-0.1, -0.05) is 0 Å². The molecule has 130 valence electrons. The lowest BCUT2D eigenvalue weighted by molar-refractivity contribution is -0.134. The van der Waals surface area contributed by atoms with Crippen LogP contribution in [0.2, 0.25) is 0 Å². The zero-order chi connectivity index (χ0) is 15.9. The lowest BCUT2D eigenvalue weighted by atomic mass is 10.1. The highest BCUT2D eigenvalue weighted by Crippen LogP contribution is 2.39. The number of carbonyl (C=O) groups excluding carboxylic acids is 1. The smallest absolute Gasteiger partial charge is 0.250 e. The third-order valence-electron chi connectivity index (χ3n) is 3.46. The van der Waals surface area contributed by atoms with Crippen LogP contribution in [0.1, 0.15) is 5.56 Å². The molecule has 2 N–H and O–H groups in total. The van der Waals surface area contributed by atoms with E-state index in [1.165, 1.54) is 0 Å². The molecule has 0 bridgehead atoms. The second-order valence-corrected chi connectivity index (χ2v) is 4.77. The fourth-order valence-electron chi connectivity index (χ4n) is 2.33. The number of hydrogen-bond acceptors (Lipinski definition) is 6. The monoisotopic (exact) mass is 346 g/mol. The van der Waals surface area contributed by atoms with Gasteiger partial charge in [-0.25, -0.2) is 0 Å². The average molecular weight is 347 g/mol. The summed E-state index contributed by atoms with van der Waals surface area (Å²) in [6.07, 6.45) is -0.458. The molecular formula is C15H23ClN2O5. The Morgan fingerprint density at radius 1 is 1.26 bits per heavy atom. The van der Waals surface area contributed by atoms with Gasteiger partial charge in [0.2, 0.25) is 5.75 Å². The number of rotatable bonds is 6. The molecule has 8 heteroatoms. The Morgan fingerprint density at radius 3 is 2.57 bits per heavy atom. The van der Waals surface area contributed by atoms with Crippen LogP contribution in [0.25, 0.3) is 0 Å². The van der Waals surface area contributed by atoms with Gasteiger partial charge < -0.3 is 29.6 Å². The quantitative estimate of drug-likeness (QED) is 0.791. The molecule has 1 aromatic rings. The van der Waals surface area contributed by atoms with Crippen LogP contribution in [0.3, 0.4) is 0 Å².